The molecule has 0 aliphatic carbocycles. The lowest BCUT2D eigenvalue weighted by Crippen LogP contribution is -2.01. The van der Waals surface area contributed by atoms with Gasteiger partial charge in [-0.15, -0.1) is 0 Å². The highest BCUT2D eigenvalue weighted by Crippen LogP contribution is 2.22. The molecule has 0 fully saturated rings. The second-order valence-corrected chi connectivity index (χ2v) is 5.50. The fourth-order valence-electron chi connectivity index (χ4n) is 2.24. The molecule has 0 saturated carbocycles. The van der Waals surface area contributed by atoms with E-state index in [1.807, 2.05) is 48.7 Å². The molecular weight excluding hydrogens is 326 g/mol. The van der Waals surface area contributed by atoms with Crippen molar-refractivity contribution in [2.75, 3.05) is 0 Å². The van der Waals surface area contributed by atoms with E-state index < -0.39 is 0 Å². The van der Waals surface area contributed by atoms with Crippen LogP contribution in [0.1, 0.15) is 17.0 Å². The van der Waals surface area contributed by atoms with Gasteiger partial charge in [-0.25, -0.2) is 0 Å². The standard InChI is InChI=1S/C17H12BrN3/c18-17-11-16(7-6-13(17)12-19)21-9-3-5-15(21)10-14-4-1-2-8-20-14/h1-9,11H,10H2. The number of benzene rings is 1. The van der Waals surface area contributed by atoms with Gasteiger partial charge < -0.3 is 4.57 Å². The molecule has 0 radical (unpaired) electrons. The fourth-order valence-corrected chi connectivity index (χ4v) is 2.70. The minimum atomic E-state index is 0.636. The Morgan fingerprint density at radius 3 is 2.76 bits per heavy atom. The van der Waals surface area contributed by atoms with Gasteiger partial charge in [0.1, 0.15) is 6.07 Å². The number of rotatable bonds is 3. The van der Waals surface area contributed by atoms with E-state index in [9.17, 15) is 0 Å². The molecule has 0 aliphatic rings. The summed E-state index contributed by atoms with van der Waals surface area (Å²) in [6, 6.07) is 17.9. The molecule has 2 aromatic heterocycles. The molecule has 1 aromatic carbocycles. The maximum absolute atomic E-state index is 8.99. The van der Waals surface area contributed by atoms with Gasteiger partial charge in [-0.1, -0.05) is 6.07 Å². The van der Waals surface area contributed by atoms with Gasteiger partial charge in [0.05, 0.1) is 5.56 Å². The number of halogens is 1. The van der Waals surface area contributed by atoms with E-state index >= 15 is 0 Å². The van der Waals surface area contributed by atoms with Crippen molar-refractivity contribution in [3.8, 4) is 11.8 Å². The van der Waals surface area contributed by atoms with E-state index in [0.717, 1.165) is 28.0 Å². The van der Waals surface area contributed by atoms with Gasteiger partial charge in [-0.2, -0.15) is 5.26 Å². The van der Waals surface area contributed by atoms with E-state index in [4.69, 9.17) is 5.26 Å². The minimum absolute atomic E-state index is 0.636. The van der Waals surface area contributed by atoms with Crippen molar-refractivity contribution in [3.05, 3.63) is 82.3 Å². The monoisotopic (exact) mass is 337 g/mol. The lowest BCUT2D eigenvalue weighted by Gasteiger charge is -2.10. The molecule has 0 atom stereocenters. The molecule has 0 saturated heterocycles. The number of pyridine rings is 1. The number of aromatic nitrogens is 2. The summed E-state index contributed by atoms with van der Waals surface area (Å²) >= 11 is 3.44. The number of hydrogen-bond acceptors (Lipinski definition) is 2. The van der Waals surface area contributed by atoms with Crippen LogP contribution in [-0.4, -0.2) is 9.55 Å². The normalized spacial score (nSPS) is 10.3. The molecule has 4 heteroatoms. The highest BCUT2D eigenvalue weighted by Gasteiger charge is 2.07. The Hall–Kier alpha value is -2.38. The van der Waals surface area contributed by atoms with Crippen molar-refractivity contribution >= 4 is 15.9 Å². The summed E-state index contributed by atoms with van der Waals surface area (Å²) in [6.07, 6.45) is 4.60. The molecule has 0 unspecified atom stereocenters. The zero-order chi connectivity index (χ0) is 14.7. The van der Waals surface area contributed by atoms with Crippen molar-refractivity contribution in [2.45, 2.75) is 6.42 Å². The summed E-state index contributed by atoms with van der Waals surface area (Å²) in [6.45, 7) is 0. The Morgan fingerprint density at radius 1 is 1.14 bits per heavy atom. The Balaban J connectivity index is 1.96. The highest BCUT2D eigenvalue weighted by molar-refractivity contribution is 9.10. The molecule has 102 valence electrons. The predicted octanol–water partition coefficient (Wildman–Crippen LogP) is 4.10. The van der Waals surface area contributed by atoms with Crippen LogP contribution < -0.4 is 0 Å². The SMILES string of the molecule is N#Cc1ccc(-n2cccc2Cc2ccccn2)cc1Br. The van der Waals surface area contributed by atoms with Crippen molar-refractivity contribution in [1.29, 1.82) is 5.26 Å². The number of nitrogens with zero attached hydrogens (tertiary/aromatic N) is 3. The number of nitriles is 1. The molecule has 21 heavy (non-hydrogen) atoms. The smallest absolute Gasteiger partial charge is 0.100 e. The van der Waals surface area contributed by atoms with E-state index in [0.29, 0.717) is 5.56 Å². The molecular formula is C17H12BrN3. The molecule has 0 amide bonds. The second-order valence-electron chi connectivity index (χ2n) is 4.64. The van der Waals surface area contributed by atoms with Crippen LogP contribution in [0.5, 0.6) is 0 Å². The van der Waals surface area contributed by atoms with Gasteiger partial charge in [0, 0.05) is 40.4 Å². The van der Waals surface area contributed by atoms with Crippen LogP contribution in [0.3, 0.4) is 0 Å². The average Bonchev–Trinajstić information content (AvgIpc) is 2.96. The maximum Gasteiger partial charge on any atom is 0.100 e. The molecule has 0 bridgehead atoms. The van der Waals surface area contributed by atoms with E-state index in [2.05, 4.69) is 37.6 Å². The fraction of sp³-hybridized carbons (Fsp3) is 0.0588. The zero-order valence-corrected chi connectivity index (χ0v) is 12.8. The Labute approximate surface area is 131 Å². The summed E-state index contributed by atoms with van der Waals surface area (Å²) in [5.41, 5.74) is 3.85. The van der Waals surface area contributed by atoms with Crippen molar-refractivity contribution < 1.29 is 0 Å². The van der Waals surface area contributed by atoms with Gasteiger partial charge in [0.25, 0.3) is 0 Å². The number of hydrogen-bond donors (Lipinski definition) is 0. The third-order valence-corrected chi connectivity index (χ3v) is 3.93. The van der Waals surface area contributed by atoms with Crippen molar-refractivity contribution in [3.63, 3.8) is 0 Å². The lowest BCUT2D eigenvalue weighted by molar-refractivity contribution is 0.933. The molecule has 3 aromatic rings. The largest absolute Gasteiger partial charge is 0.320 e. The molecule has 3 nitrogen and oxygen atoms in total. The molecule has 0 spiro atoms. The first-order chi connectivity index (χ1) is 10.3. The Kier molecular flexibility index (Phi) is 3.85. The highest BCUT2D eigenvalue weighted by atomic mass is 79.9. The summed E-state index contributed by atoms with van der Waals surface area (Å²) in [5.74, 6) is 0. The quantitative estimate of drug-likeness (QED) is 0.722. The van der Waals surface area contributed by atoms with Gasteiger partial charge in [0.2, 0.25) is 0 Å². The lowest BCUT2D eigenvalue weighted by atomic mass is 10.2. The molecule has 2 heterocycles. The Morgan fingerprint density at radius 2 is 2.05 bits per heavy atom. The van der Waals surface area contributed by atoms with Crippen LogP contribution in [0.15, 0.2) is 65.4 Å². The van der Waals surface area contributed by atoms with Gasteiger partial charge in [0.15, 0.2) is 0 Å². The maximum atomic E-state index is 8.99. The van der Waals surface area contributed by atoms with Crippen LogP contribution in [0.25, 0.3) is 5.69 Å². The van der Waals surface area contributed by atoms with Crippen LogP contribution in [-0.2, 0) is 6.42 Å². The van der Waals surface area contributed by atoms with Crippen LogP contribution in [0.4, 0.5) is 0 Å². The van der Waals surface area contributed by atoms with Crippen LogP contribution in [0, 0.1) is 11.3 Å². The Bertz CT molecular complexity index is 800. The van der Waals surface area contributed by atoms with E-state index in [1.165, 1.54) is 0 Å². The predicted molar refractivity (Wildman–Crippen MR) is 85.2 cm³/mol. The van der Waals surface area contributed by atoms with Crippen molar-refractivity contribution in [2.24, 2.45) is 0 Å². The van der Waals surface area contributed by atoms with Crippen LogP contribution >= 0.6 is 15.9 Å². The van der Waals surface area contributed by atoms with Gasteiger partial charge in [-0.05, 0) is 58.4 Å². The van der Waals surface area contributed by atoms with Crippen LogP contribution in [0.2, 0.25) is 0 Å². The van der Waals surface area contributed by atoms with E-state index in [1.54, 1.807) is 6.20 Å². The zero-order valence-electron chi connectivity index (χ0n) is 11.2. The molecule has 3 rings (SSSR count). The third-order valence-electron chi connectivity index (χ3n) is 3.27. The average molecular weight is 338 g/mol. The summed E-state index contributed by atoms with van der Waals surface area (Å²) in [7, 11) is 0. The minimum Gasteiger partial charge on any atom is -0.320 e. The van der Waals surface area contributed by atoms with Gasteiger partial charge in [-0.3, -0.25) is 4.98 Å². The topological polar surface area (TPSA) is 41.6 Å². The summed E-state index contributed by atoms with van der Waals surface area (Å²) < 4.78 is 2.92. The van der Waals surface area contributed by atoms with Crippen molar-refractivity contribution in [1.82, 2.24) is 9.55 Å². The van der Waals surface area contributed by atoms with E-state index in [-0.39, 0.29) is 0 Å². The molecule has 0 N–H and O–H groups in total. The van der Waals surface area contributed by atoms with Gasteiger partial charge >= 0.3 is 0 Å². The molecule has 0 aliphatic heterocycles. The second kappa shape index (κ2) is 5.94. The first-order valence-corrected chi connectivity index (χ1v) is 7.33. The summed E-state index contributed by atoms with van der Waals surface area (Å²) in [4.78, 5) is 4.37. The summed E-state index contributed by atoms with van der Waals surface area (Å²) in [5, 5.41) is 8.99. The third kappa shape index (κ3) is 2.88. The first kappa shape index (κ1) is 13.6. The first-order valence-electron chi connectivity index (χ1n) is 6.54.